The first kappa shape index (κ1) is 21.3. The number of hydrogen-bond acceptors (Lipinski definition) is 5. The van der Waals surface area contributed by atoms with E-state index in [4.69, 9.17) is 17.3 Å². The van der Waals surface area contributed by atoms with Crippen LogP contribution in [0.5, 0.6) is 0 Å². The predicted octanol–water partition coefficient (Wildman–Crippen LogP) is 4.81. The van der Waals surface area contributed by atoms with Gasteiger partial charge in [0.05, 0.1) is 21.1 Å². The summed E-state index contributed by atoms with van der Waals surface area (Å²) < 4.78 is 0. The quantitative estimate of drug-likeness (QED) is 0.529. The SMILES string of the molecule is CC(C)(C)[C@@H]1CCc2c(sc(NC(=O)c3cc([N+](=O)[O-])ccc3Cl)c2C(N)=O)C1. The van der Waals surface area contributed by atoms with Gasteiger partial charge in [-0.15, -0.1) is 11.3 Å². The number of hydrogen-bond donors (Lipinski definition) is 2. The van der Waals surface area contributed by atoms with Crippen LogP contribution in [0.1, 0.15) is 58.3 Å². The second-order valence-corrected chi connectivity index (χ2v) is 9.77. The van der Waals surface area contributed by atoms with Crippen molar-refractivity contribution in [2.45, 2.75) is 40.0 Å². The fourth-order valence-corrected chi connectivity index (χ4v) is 5.18. The number of halogens is 1. The lowest BCUT2D eigenvalue weighted by molar-refractivity contribution is -0.384. The third-order valence-electron chi connectivity index (χ3n) is 5.37. The fraction of sp³-hybridized carbons (Fsp3) is 0.400. The molecule has 0 bridgehead atoms. The molecule has 0 saturated carbocycles. The maximum Gasteiger partial charge on any atom is 0.270 e. The van der Waals surface area contributed by atoms with Gasteiger partial charge in [0.1, 0.15) is 5.00 Å². The van der Waals surface area contributed by atoms with Gasteiger partial charge in [0.2, 0.25) is 0 Å². The molecule has 1 aliphatic rings. The van der Waals surface area contributed by atoms with Crippen LogP contribution in [0.25, 0.3) is 0 Å². The first-order valence-corrected chi connectivity index (χ1v) is 10.4. The summed E-state index contributed by atoms with van der Waals surface area (Å²) in [6.07, 6.45) is 2.48. The zero-order valence-electron chi connectivity index (χ0n) is 16.4. The highest BCUT2D eigenvalue weighted by Crippen LogP contribution is 2.44. The Kier molecular flexibility index (Phi) is 5.69. The van der Waals surface area contributed by atoms with Gasteiger partial charge in [-0.3, -0.25) is 19.7 Å². The van der Waals surface area contributed by atoms with E-state index in [0.717, 1.165) is 35.8 Å². The summed E-state index contributed by atoms with van der Waals surface area (Å²) in [6.45, 7) is 6.58. The van der Waals surface area contributed by atoms with Crippen molar-refractivity contribution >= 4 is 45.4 Å². The van der Waals surface area contributed by atoms with E-state index in [1.807, 2.05) is 0 Å². The number of nitrogens with zero attached hydrogens (tertiary/aromatic N) is 1. The summed E-state index contributed by atoms with van der Waals surface area (Å²) >= 11 is 7.40. The number of primary amides is 1. The predicted molar refractivity (Wildman–Crippen MR) is 114 cm³/mol. The Hall–Kier alpha value is -2.45. The van der Waals surface area contributed by atoms with Crippen LogP contribution in [-0.2, 0) is 12.8 Å². The van der Waals surface area contributed by atoms with Crippen molar-refractivity contribution < 1.29 is 14.5 Å². The van der Waals surface area contributed by atoms with E-state index in [1.165, 1.54) is 23.5 Å². The maximum atomic E-state index is 12.8. The van der Waals surface area contributed by atoms with E-state index in [2.05, 4.69) is 26.1 Å². The Morgan fingerprint density at radius 3 is 2.62 bits per heavy atom. The van der Waals surface area contributed by atoms with Gasteiger partial charge < -0.3 is 11.1 Å². The summed E-state index contributed by atoms with van der Waals surface area (Å²) in [6, 6.07) is 3.65. The number of nitrogens with one attached hydrogen (secondary N) is 1. The second-order valence-electron chi connectivity index (χ2n) is 8.25. The normalized spacial score (nSPS) is 16.2. The minimum absolute atomic E-state index is 0.0322. The van der Waals surface area contributed by atoms with E-state index in [-0.39, 0.29) is 21.7 Å². The van der Waals surface area contributed by atoms with Gasteiger partial charge in [-0.25, -0.2) is 0 Å². The van der Waals surface area contributed by atoms with Gasteiger partial charge in [-0.1, -0.05) is 32.4 Å². The first-order valence-electron chi connectivity index (χ1n) is 9.18. The number of rotatable bonds is 4. The summed E-state index contributed by atoms with van der Waals surface area (Å²) in [5, 5.41) is 14.2. The zero-order valence-corrected chi connectivity index (χ0v) is 17.9. The van der Waals surface area contributed by atoms with E-state index in [0.29, 0.717) is 16.5 Å². The Labute approximate surface area is 177 Å². The number of carbonyl (C=O) groups excluding carboxylic acids is 2. The number of fused-ring (bicyclic) bond motifs is 1. The number of nitro benzene ring substituents is 1. The van der Waals surface area contributed by atoms with Crippen molar-refractivity contribution in [1.82, 2.24) is 0 Å². The van der Waals surface area contributed by atoms with Gasteiger partial charge in [-0.2, -0.15) is 0 Å². The van der Waals surface area contributed by atoms with Crippen LogP contribution < -0.4 is 11.1 Å². The van der Waals surface area contributed by atoms with Gasteiger partial charge in [0.25, 0.3) is 17.5 Å². The van der Waals surface area contributed by atoms with Crippen LogP contribution in [0.4, 0.5) is 10.7 Å². The molecule has 7 nitrogen and oxygen atoms in total. The van der Waals surface area contributed by atoms with Gasteiger partial charge in [0, 0.05) is 17.0 Å². The lowest BCUT2D eigenvalue weighted by Gasteiger charge is -2.33. The molecule has 3 N–H and O–H groups in total. The lowest BCUT2D eigenvalue weighted by Crippen LogP contribution is -2.27. The van der Waals surface area contributed by atoms with E-state index < -0.39 is 16.7 Å². The molecule has 3 rings (SSSR count). The molecule has 154 valence electrons. The molecular formula is C20H22ClN3O4S. The van der Waals surface area contributed by atoms with Gasteiger partial charge in [-0.05, 0) is 42.2 Å². The number of carbonyl (C=O) groups is 2. The van der Waals surface area contributed by atoms with Crippen molar-refractivity contribution in [1.29, 1.82) is 0 Å². The van der Waals surface area contributed by atoms with E-state index >= 15 is 0 Å². The third-order valence-corrected chi connectivity index (χ3v) is 6.87. The maximum absolute atomic E-state index is 12.8. The minimum atomic E-state index is -0.618. The molecule has 1 heterocycles. The number of amides is 2. The summed E-state index contributed by atoms with van der Waals surface area (Å²) in [5.74, 6) is -0.756. The monoisotopic (exact) mass is 435 g/mol. The smallest absolute Gasteiger partial charge is 0.270 e. The second kappa shape index (κ2) is 7.76. The van der Waals surface area contributed by atoms with Crippen molar-refractivity contribution in [3.05, 3.63) is 54.9 Å². The van der Waals surface area contributed by atoms with E-state index in [9.17, 15) is 19.7 Å². The molecule has 2 aromatic rings. The fourth-order valence-electron chi connectivity index (χ4n) is 3.65. The number of thiophene rings is 1. The van der Waals surface area contributed by atoms with Crippen LogP contribution in [-0.4, -0.2) is 16.7 Å². The largest absolute Gasteiger partial charge is 0.365 e. The van der Waals surface area contributed by atoms with Crippen molar-refractivity contribution in [2.75, 3.05) is 5.32 Å². The van der Waals surface area contributed by atoms with Crippen molar-refractivity contribution in [3.8, 4) is 0 Å². The third kappa shape index (κ3) is 4.28. The Morgan fingerprint density at radius 1 is 1.34 bits per heavy atom. The number of nitrogens with two attached hydrogens (primary N) is 1. The molecule has 0 saturated heterocycles. The Morgan fingerprint density at radius 2 is 2.03 bits per heavy atom. The topological polar surface area (TPSA) is 115 Å². The lowest BCUT2D eigenvalue weighted by atomic mass is 9.72. The average Bonchev–Trinajstić information content (AvgIpc) is 2.98. The molecule has 0 aliphatic heterocycles. The van der Waals surface area contributed by atoms with Crippen molar-refractivity contribution in [3.63, 3.8) is 0 Å². The average molecular weight is 436 g/mol. The highest BCUT2D eigenvalue weighted by Gasteiger charge is 2.33. The van der Waals surface area contributed by atoms with Crippen LogP contribution in [0.15, 0.2) is 18.2 Å². The highest BCUT2D eigenvalue weighted by molar-refractivity contribution is 7.17. The first-order chi connectivity index (χ1) is 13.5. The van der Waals surface area contributed by atoms with Gasteiger partial charge in [0.15, 0.2) is 0 Å². The number of anilines is 1. The van der Waals surface area contributed by atoms with Crippen LogP contribution in [0, 0.1) is 21.4 Å². The van der Waals surface area contributed by atoms with Gasteiger partial charge >= 0.3 is 0 Å². The molecule has 1 atom stereocenters. The number of non-ortho nitro benzene ring substituents is 1. The number of nitro groups is 1. The summed E-state index contributed by atoms with van der Waals surface area (Å²) in [5.41, 5.74) is 6.69. The molecule has 2 amide bonds. The molecule has 1 aliphatic carbocycles. The molecule has 0 radical (unpaired) electrons. The molecule has 1 aromatic heterocycles. The Balaban J connectivity index is 1.95. The number of benzene rings is 1. The Bertz CT molecular complexity index is 1010. The molecule has 0 spiro atoms. The molecular weight excluding hydrogens is 414 g/mol. The van der Waals surface area contributed by atoms with Crippen molar-refractivity contribution in [2.24, 2.45) is 17.1 Å². The summed E-state index contributed by atoms with van der Waals surface area (Å²) in [4.78, 5) is 36.3. The molecule has 29 heavy (non-hydrogen) atoms. The molecule has 0 unspecified atom stereocenters. The minimum Gasteiger partial charge on any atom is -0.365 e. The van der Waals surface area contributed by atoms with Crippen LogP contribution >= 0.6 is 22.9 Å². The standard InChI is InChI=1S/C20H22ClN3O4S/c1-20(2,3)10-4-6-12-15(8-10)29-19(16(12)17(22)25)23-18(26)13-9-11(24(27)28)5-7-14(13)21/h5,7,9-10H,4,6,8H2,1-3H3,(H2,22,25)(H,23,26)/t10-/m1/s1. The van der Waals surface area contributed by atoms with Crippen LogP contribution in [0.2, 0.25) is 5.02 Å². The van der Waals surface area contributed by atoms with E-state index in [1.54, 1.807) is 0 Å². The molecule has 9 heteroatoms. The summed E-state index contributed by atoms with van der Waals surface area (Å²) in [7, 11) is 0. The van der Waals surface area contributed by atoms with Crippen LogP contribution in [0.3, 0.4) is 0 Å². The highest BCUT2D eigenvalue weighted by atomic mass is 35.5. The molecule has 1 aromatic carbocycles. The zero-order chi connectivity index (χ0) is 21.5. The molecule has 0 fully saturated rings.